The first-order chi connectivity index (χ1) is 14.5. The van der Waals surface area contributed by atoms with E-state index in [4.69, 9.17) is 10.9 Å². The van der Waals surface area contributed by atoms with E-state index in [1.807, 2.05) is 24.3 Å². The second-order valence-electron chi connectivity index (χ2n) is 7.92. The zero-order valence-corrected chi connectivity index (χ0v) is 18.0. The third-order valence-corrected chi connectivity index (χ3v) is 6.96. The van der Waals surface area contributed by atoms with Crippen molar-refractivity contribution < 1.29 is 14.8 Å². The van der Waals surface area contributed by atoms with E-state index in [-0.39, 0.29) is 23.4 Å². The number of nitrogens with zero attached hydrogens (tertiary/aromatic N) is 1. The van der Waals surface area contributed by atoms with Crippen LogP contribution in [0.1, 0.15) is 60.3 Å². The zero-order valence-electron chi connectivity index (χ0n) is 17.2. The van der Waals surface area contributed by atoms with Crippen LogP contribution < -0.4 is 11.1 Å². The van der Waals surface area contributed by atoms with E-state index in [2.05, 4.69) is 22.6 Å². The summed E-state index contributed by atoms with van der Waals surface area (Å²) in [4.78, 5) is 26.9. The number of nitrogens with one attached hydrogen (secondary N) is 1. The molecule has 1 fully saturated rings. The maximum Gasteiger partial charge on any atom is 0.223 e. The van der Waals surface area contributed by atoms with Crippen LogP contribution in [0.2, 0.25) is 0 Å². The minimum Gasteiger partial charge on any atom is -0.409 e. The average molecular weight is 428 g/mol. The largest absolute Gasteiger partial charge is 0.409 e. The van der Waals surface area contributed by atoms with Gasteiger partial charge in [-0.05, 0) is 56.2 Å². The molecule has 0 unspecified atom stereocenters. The normalized spacial score (nSPS) is 20.5. The number of thiophene rings is 1. The number of ketones is 1. The average Bonchev–Trinajstić information content (AvgIpc) is 3.26. The second-order valence-corrected chi connectivity index (χ2v) is 9.09. The molecular weight excluding hydrogens is 398 g/mol. The van der Waals surface area contributed by atoms with E-state index < -0.39 is 6.04 Å². The number of rotatable bonds is 8. The lowest BCUT2D eigenvalue weighted by atomic mass is 9.77. The molecule has 0 spiro atoms. The summed E-state index contributed by atoms with van der Waals surface area (Å²) < 4.78 is 0. The predicted octanol–water partition coefficient (Wildman–Crippen LogP) is 3.82. The van der Waals surface area contributed by atoms with E-state index in [9.17, 15) is 9.59 Å². The van der Waals surface area contributed by atoms with Crippen LogP contribution >= 0.6 is 11.3 Å². The van der Waals surface area contributed by atoms with Crippen molar-refractivity contribution in [3.63, 3.8) is 0 Å². The zero-order chi connectivity index (χ0) is 21.5. The smallest absolute Gasteiger partial charge is 0.223 e. The van der Waals surface area contributed by atoms with Gasteiger partial charge in [0.05, 0.1) is 10.9 Å². The quantitative estimate of drug-likeness (QED) is 0.258. The molecule has 3 atom stereocenters. The number of carbonyl (C=O) groups is 2. The maximum atomic E-state index is 12.8. The summed E-state index contributed by atoms with van der Waals surface area (Å²) in [7, 11) is 0. The van der Waals surface area contributed by atoms with E-state index in [1.54, 1.807) is 13.0 Å². The molecule has 2 aromatic rings. The van der Waals surface area contributed by atoms with Gasteiger partial charge in [0.1, 0.15) is 0 Å². The van der Waals surface area contributed by atoms with Crippen LogP contribution in [0.5, 0.6) is 0 Å². The highest BCUT2D eigenvalue weighted by molar-refractivity contribution is 7.14. The van der Waals surface area contributed by atoms with Crippen LogP contribution in [0.25, 0.3) is 0 Å². The van der Waals surface area contributed by atoms with Gasteiger partial charge in [-0.25, -0.2) is 0 Å². The molecule has 1 aliphatic rings. The molecule has 1 saturated carbocycles. The van der Waals surface area contributed by atoms with Crippen LogP contribution in [0.4, 0.5) is 0 Å². The summed E-state index contributed by atoms with van der Waals surface area (Å²) in [6.07, 6.45) is 4.76. The Labute approximate surface area is 181 Å². The summed E-state index contributed by atoms with van der Waals surface area (Å²) >= 11 is 1.40. The topological polar surface area (TPSA) is 105 Å². The molecule has 6 nitrogen and oxygen atoms in total. The number of amidine groups is 1. The third-order valence-electron chi connectivity index (χ3n) is 5.80. The Hall–Kier alpha value is -2.67. The highest BCUT2D eigenvalue weighted by Gasteiger charge is 2.29. The van der Waals surface area contributed by atoms with Gasteiger partial charge in [0.25, 0.3) is 0 Å². The molecule has 1 heterocycles. The van der Waals surface area contributed by atoms with Gasteiger partial charge in [-0.2, -0.15) is 0 Å². The number of oxime groups is 1. The second kappa shape index (κ2) is 10.4. The number of nitrogens with two attached hydrogens (primary N) is 1. The van der Waals surface area contributed by atoms with Crippen LogP contribution in [-0.4, -0.2) is 28.8 Å². The summed E-state index contributed by atoms with van der Waals surface area (Å²) in [6.45, 7) is 1.76. The van der Waals surface area contributed by atoms with Gasteiger partial charge in [-0.15, -0.1) is 11.3 Å². The Morgan fingerprint density at radius 2 is 2.00 bits per heavy atom. The van der Waals surface area contributed by atoms with Crippen molar-refractivity contribution in [2.45, 2.75) is 57.4 Å². The Bertz CT molecular complexity index is 894. The first-order valence-electron chi connectivity index (χ1n) is 10.4. The highest BCUT2D eigenvalue weighted by Crippen LogP contribution is 2.36. The van der Waals surface area contributed by atoms with E-state index in [0.29, 0.717) is 23.6 Å². The lowest BCUT2D eigenvalue weighted by Crippen LogP contribution is -2.42. The van der Waals surface area contributed by atoms with Crippen molar-refractivity contribution in [2.75, 3.05) is 0 Å². The third kappa shape index (κ3) is 5.69. The van der Waals surface area contributed by atoms with E-state index in [0.717, 1.165) is 30.6 Å². The highest BCUT2D eigenvalue weighted by atomic mass is 32.1. The Morgan fingerprint density at radius 1 is 1.23 bits per heavy atom. The van der Waals surface area contributed by atoms with Crippen LogP contribution in [-0.2, 0) is 16.0 Å². The first-order valence-corrected chi connectivity index (χ1v) is 11.2. The lowest BCUT2D eigenvalue weighted by Gasteiger charge is -2.29. The van der Waals surface area contributed by atoms with Gasteiger partial charge < -0.3 is 16.3 Å². The van der Waals surface area contributed by atoms with Gasteiger partial charge in [-0.1, -0.05) is 41.9 Å². The molecule has 0 radical (unpaired) electrons. The number of hydrogen-bond donors (Lipinski definition) is 3. The number of aryl methyl sites for hydroxylation is 1. The van der Waals surface area contributed by atoms with Crippen molar-refractivity contribution in [1.82, 2.24) is 5.32 Å². The number of Topliss-reactive ketones (excluding diaryl/α,β-unsaturated/α-hetero) is 1. The summed E-state index contributed by atoms with van der Waals surface area (Å²) in [5.74, 6) is 0.434. The van der Waals surface area contributed by atoms with Crippen LogP contribution in [0.3, 0.4) is 0 Å². The fourth-order valence-electron chi connectivity index (χ4n) is 4.03. The molecule has 1 aromatic heterocycles. The number of benzene rings is 1. The maximum absolute atomic E-state index is 12.8. The standard InChI is InChI=1S/C23H29N3O3S/c1-15(20(27)12-10-19-11-13-21(30-19)22(24)26-29)25-23(28)18-9-5-8-17(14-18)16-6-3-2-4-7-16/h2-4,6-7,11,13,15,17-18,29H,5,8-10,12,14H2,1H3,(H2,24,26)(H,25,28)/t15-,17-,18+/m0/s1. The molecule has 0 aliphatic heterocycles. The summed E-state index contributed by atoms with van der Waals surface area (Å²) in [5.41, 5.74) is 6.87. The SMILES string of the molecule is C[C@H](NC(=O)[C@@H]1CCC[C@H](c2ccccc2)C1)C(=O)CCc1ccc(/C(N)=N/O)s1. The van der Waals surface area contributed by atoms with Crippen molar-refractivity contribution >= 4 is 28.9 Å². The van der Waals surface area contributed by atoms with Gasteiger partial charge >= 0.3 is 0 Å². The minimum absolute atomic E-state index is 0.0116. The van der Waals surface area contributed by atoms with Gasteiger partial charge in [-0.3, -0.25) is 9.59 Å². The molecule has 30 heavy (non-hydrogen) atoms. The molecule has 160 valence electrons. The minimum atomic E-state index is -0.502. The number of carbonyl (C=O) groups excluding carboxylic acids is 2. The number of amides is 1. The summed E-state index contributed by atoms with van der Waals surface area (Å²) in [5, 5.41) is 14.7. The molecule has 0 bridgehead atoms. The first kappa shape index (κ1) is 22.0. The van der Waals surface area contributed by atoms with Gasteiger partial charge in [0.15, 0.2) is 11.6 Å². The predicted molar refractivity (Wildman–Crippen MR) is 119 cm³/mol. The van der Waals surface area contributed by atoms with Crippen molar-refractivity contribution in [1.29, 1.82) is 0 Å². The van der Waals surface area contributed by atoms with Gasteiger partial charge in [0, 0.05) is 17.2 Å². The van der Waals surface area contributed by atoms with E-state index in [1.165, 1.54) is 16.9 Å². The van der Waals surface area contributed by atoms with Crippen LogP contribution in [0, 0.1) is 5.92 Å². The van der Waals surface area contributed by atoms with Gasteiger partial charge in [0.2, 0.25) is 5.91 Å². The molecule has 1 aromatic carbocycles. The Kier molecular flexibility index (Phi) is 7.63. The monoisotopic (exact) mass is 427 g/mol. The fourth-order valence-corrected chi connectivity index (χ4v) is 4.93. The lowest BCUT2D eigenvalue weighted by molar-refractivity contribution is -0.130. The Balaban J connectivity index is 1.48. The molecule has 7 heteroatoms. The fraction of sp³-hybridized carbons (Fsp3) is 0.435. The molecule has 0 saturated heterocycles. The summed E-state index contributed by atoms with van der Waals surface area (Å²) in [6, 6.07) is 13.5. The van der Waals surface area contributed by atoms with Crippen molar-refractivity contribution in [3.05, 3.63) is 57.8 Å². The van der Waals surface area contributed by atoms with Crippen LogP contribution in [0.15, 0.2) is 47.6 Å². The van der Waals surface area contributed by atoms with E-state index >= 15 is 0 Å². The molecular formula is C23H29N3O3S. The molecule has 1 aliphatic carbocycles. The van der Waals surface area contributed by atoms with Crippen molar-refractivity contribution in [3.8, 4) is 0 Å². The molecule has 1 amide bonds. The number of hydrogen-bond acceptors (Lipinski definition) is 5. The van der Waals surface area contributed by atoms with Crippen molar-refractivity contribution in [2.24, 2.45) is 16.8 Å². The Morgan fingerprint density at radius 3 is 2.73 bits per heavy atom. The molecule has 4 N–H and O–H groups in total. The molecule has 3 rings (SSSR count).